The van der Waals surface area contributed by atoms with Crippen molar-refractivity contribution in [3.05, 3.63) is 34.6 Å². The molecule has 0 atom stereocenters. The zero-order chi connectivity index (χ0) is 11.7. The van der Waals surface area contributed by atoms with Crippen molar-refractivity contribution in [2.24, 2.45) is 0 Å². The lowest BCUT2D eigenvalue weighted by atomic mass is 10.2. The van der Waals surface area contributed by atoms with Crippen LogP contribution in [0.15, 0.2) is 29.1 Å². The van der Waals surface area contributed by atoms with Gasteiger partial charge in [0.05, 0.1) is 5.39 Å². The van der Waals surface area contributed by atoms with Crippen LogP contribution in [0.3, 0.4) is 0 Å². The van der Waals surface area contributed by atoms with Gasteiger partial charge >= 0.3 is 6.03 Å². The average Bonchev–Trinajstić information content (AvgIpc) is 2.29. The zero-order valence-corrected chi connectivity index (χ0v) is 8.91. The van der Waals surface area contributed by atoms with Crippen LogP contribution >= 0.6 is 0 Å². The Balaban J connectivity index is 2.71. The van der Waals surface area contributed by atoms with Crippen LogP contribution in [-0.4, -0.2) is 40.0 Å². The highest BCUT2D eigenvalue weighted by molar-refractivity contribution is 5.81. The number of carbonyl (C=O) groups excluding carboxylic acids is 1. The lowest BCUT2D eigenvalue weighted by Gasteiger charge is -2.09. The summed E-state index contributed by atoms with van der Waals surface area (Å²) in [4.78, 5) is 24.8. The molecule has 0 fully saturated rings. The van der Waals surface area contributed by atoms with Crippen molar-refractivity contribution in [2.75, 3.05) is 14.1 Å². The summed E-state index contributed by atoms with van der Waals surface area (Å²) < 4.78 is 0.752. The highest BCUT2D eigenvalue weighted by Crippen LogP contribution is 2.03. The second-order valence-corrected chi connectivity index (χ2v) is 3.50. The number of rotatable bonds is 0. The van der Waals surface area contributed by atoms with Crippen molar-refractivity contribution in [3.8, 4) is 0 Å². The Morgan fingerprint density at radius 2 is 2.00 bits per heavy atom. The van der Waals surface area contributed by atoms with Crippen molar-refractivity contribution >= 4 is 16.9 Å². The molecule has 1 heterocycles. The van der Waals surface area contributed by atoms with E-state index in [0.29, 0.717) is 10.9 Å². The maximum atomic E-state index is 11.9. The molecule has 82 valence electrons. The molecule has 0 saturated carbocycles. The van der Waals surface area contributed by atoms with Gasteiger partial charge in [-0.25, -0.2) is 4.79 Å². The minimum absolute atomic E-state index is 0.382. The molecule has 0 saturated heterocycles. The van der Waals surface area contributed by atoms with Gasteiger partial charge in [-0.05, 0) is 12.1 Å². The molecule has 0 aliphatic heterocycles. The van der Waals surface area contributed by atoms with E-state index in [9.17, 15) is 9.59 Å². The molecule has 1 aromatic heterocycles. The van der Waals surface area contributed by atoms with Crippen molar-refractivity contribution in [1.29, 1.82) is 0 Å². The van der Waals surface area contributed by atoms with E-state index < -0.39 is 11.6 Å². The first-order chi connectivity index (χ1) is 7.61. The fraction of sp³-hybridized carbons (Fsp3) is 0.200. The van der Waals surface area contributed by atoms with Gasteiger partial charge in [-0.15, -0.1) is 9.78 Å². The maximum absolute atomic E-state index is 11.9. The standard InChI is InChI=1S/C10H10N4O2/c1-13(2)10(16)14-9(15)7-5-3-4-6-8(7)11-12-14/h3-6H,1-2H3. The minimum atomic E-state index is -0.511. The van der Waals surface area contributed by atoms with E-state index in [4.69, 9.17) is 0 Å². The van der Waals surface area contributed by atoms with Gasteiger partial charge in [0.1, 0.15) is 5.52 Å². The van der Waals surface area contributed by atoms with E-state index in [1.807, 2.05) is 0 Å². The molecule has 1 amide bonds. The third-order valence-corrected chi connectivity index (χ3v) is 2.13. The Morgan fingerprint density at radius 3 is 2.69 bits per heavy atom. The fourth-order valence-electron chi connectivity index (χ4n) is 1.30. The molecular formula is C10H10N4O2. The average molecular weight is 218 g/mol. The van der Waals surface area contributed by atoms with Gasteiger partial charge in [-0.3, -0.25) is 4.79 Å². The highest BCUT2D eigenvalue weighted by Gasteiger charge is 2.13. The molecule has 0 radical (unpaired) electrons. The molecule has 0 aliphatic rings. The van der Waals surface area contributed by atoms with Crippen LogP contribution in [0.25, 0.3) is 10.9 Å². The predicted molar refractivity (Wildman–Crippen MR) is 58.3 cm³/mol. The van der Waals surface area contributed by atoms with Crippen LogP contribution < -0.4 is 5.56 Å². The number of benzene rings is 1. The van der Waals surface area contributed by atoms with Crippen molar-refractivity contribution < 1.29 is 4.79 Å². The van der Waals surface area contributed by atoms with E-state index in [2.05, 4.69) is 10.3 Å². The number of nitrogens with zero attached hydrogens (tertiary/aromatic N) is 4. The number of aromatic nitrogens is 3. The van der Waals surface area contributed by atoms with Crippen molar-refractivity contribution in [3.63, 3.8) is 0 Å². The number of hydrogen-bond acceptors (Lipinski definition) is 4. The Morgan fingerprint density at radius 1 is 1.31 bits per heavy atom. The largest absolute Gasteiger partial charge is 0.348 e. The quantitative estimate of drug-likeness (QED) is 0.638. The van der Waals surface area contributed by atoms with E-state index in [1.165, 1.54) is 4.90 Å². The van der Waals surface area contributed by atoms with E-state index >= 15 is 0 Å². The first kappa shape index (κ1) is 10.3. The molecule has 0 unspecified atom stereocenters. The summed E-state index contributed by atoms with van der Waals surface area (Å²) in [6, 6.07) is 6.26. The molecule has 6 nitrogen and oxygen atoms in total. The normalized spacial score (nSPS) is 10.4. The van der Waals surface area contributed by atoms with Gasteiger partial charge in [0.2, 0.25) is 0 Å². The van der Waals surface area contributed by atoms with Crippen molar-refractivity contribution in [2.45, 2.75) is 0 Å². The molecular weight excluding hydrogens is 208 g/mol. The molecule has 0 aliphatic carbocycles. The number of fused-ring (bicyclic) bond motifs is 1. The molecule has 2 rings (SSSR count). The Hall–Kier alpha value is -2.24. The van der Waals surface area contributed by atoms with Crippen LogP contribution in [0.5, 0.6) is 0 Å². The summed E-state index contributed by atoms with van der Waals surface area (Å²) in [6.07, 6.45) is 0. The third-order valence-electron chi connectivity index (χ3n) is 2.13. The highest BCUT2D eigenvalue weighted by atomic mass is 16.2. The second kappa shape index (κ2) is 3.73. The smallest absolute Gasteiger partial charge is 0.329 e. The van der Waals surface area contributed by atoms with Gasteiger partial charge in [0, 0.05) is 14.1 Å². The van der Waals surface area contributed by atoms with E-state index in [1.54, 1.807) is 38.4 Å². The molecule has 0 spiro atoms. The number of hydrogen-bond donors (Lipinski definition) is 0. The van der Waals surface area contributed by atoms with Crippen LogP contribution in [0.1, 0.15) is 0 Å². The summed E-state index contributed by atoms with van der Waals surface area (Å²) in [5.74, 6) is 0. The van der Waals surface area contributed by atoms with Gasteiger partial charge < -0.3 is 4.90 Å². The molecule has 0 N–H and O–H groups in total. The summed E-state index contributed by atoms with van der Waals surface area (Å²) in [6.45, 7) is 0. The zero-order valence-electron chi connectivity index (χ0n) is 8.91. The monoisotopic (exact) mass is 218 g/mol. The topological polar surface area (TPSA) is 68.1 Å². The predicted octanol–water partition coefficient (Wildman–Crippen LogP) is 0.321. The molecule has 2 aromatic rings. The van der Waals surface area contributed by atoms with Gasteiger partial charge in [0.15, 0.2) is 0 Å². The van der Waals surface area contributed by atoms with Crippen LogP contribution in [-0.2, 0) is 0 Å². The van der Waals surface area contributed by atoms with E-state index in [-0.39, 0.29) is 0 Å². The van der Waals surface area contributed by atoms with Gasteiger partial charge in [0.25, 0.3) is 5.56 Å². The Kier molecular flexibility index (Phi) is 2.40. The summed E-state index contributed by atoms with van der Waals surface area (Å²) >= 11 is 0. The number of amides is 1. The lowest BCUT2D eigenvalue weighted by Crippen LogP contribution is -2.37. The summed E-state index contributed by atoms with van der Waals surface area (Å²) in [5, 5.41) is 7.78. The fourth-order valence-corrected chi connectivity index (χ4v) is 1.30. The maximum Gasteiger partial charge on any atom is 0.348 e. The minimum Gasteiger partial charge on any atom is -0.329 e. The van der Waals surface area contributed by atoms with Crippen LogP contribution in [0.4, 0.5) is 4.79 Å². The second-order valence-electron chi connectivity index (χ2n) is 3.50. The Labute approximate surface area is 91.1 Å². The molecule has 6 heteroatoms. The van der Waals surface area contributed by atoms with E-state index in [0.717, 1.165) is 4.68 Å². The van der Waals surface area contributed by atoms with Gasteiger partial charge in [-0.2, -0.15) is 0 Å². The number of carbonyl (C=O) groups is 1. The Bertz CT molecular complexity index is 603. The van der Waals surface area contributed by atoms with Crippen molar-refractivity contribution in [1.82, 2.24) is 19.9 Å². The van der Waals surface area contributed by atoms with Crippen LogP contribution in [0.2, 0.25) is 0 Å². The SMILES string of the molecule is CN(C)C(=O)n1nnc2ccccc2c1=O. The van der Waals surface area contributed by atoms with Crippen LogP contribution in [0, 0.1) is 0 Å². The molecule has 0 bridgehead atoms. The third kappa shape index (κ3) is 1.54. The summed E-state index contributed by atoms with van der Waals surface area (Å²) in [7, 11) is 3.09. The first-order valence-corrected chi connectivity index (χ1v) is 4.67. The molecule has 16 heavy (non-hydrogen) atoms. The molecule has 1 aromatic carbocycles. The summed E-state index contributed by atoms with van der Waals surface area (Å²) in [5.41, 5.74) is 0.0274. The lowest BCUT2D eigenvalue weighted by molar-refractivity contribution is 0.213. The first-order valence-electron chi connectivity index (χ1n) is 4.67. The van der Waals surface area contributed by atoms with Gasteiger partial charge in [-0.1, -0.05) is 17.3 Å².